The summed E-state index contributed by atoms with van der Waals surface area (Å²) in [6.45, 7) is 5.13. The van der Waals surface area contributed by atoms with Crippen molar-refractivity contribution in [2.24, 2.45) is 5.92 Å². The van der Waals surface area contributed by atoms with Crippen LogP contribution < -0.4 is 0 Å². The zero-order chi connectivity index (χ0) is 9.40. The smallest absolute Gasteiger partial charge is 0.0541 e. The van der Waals surface area contributed by atoms with Gasteiger partial charge in [0.15, 0.2) is 0 Å². The molecule has 0 saturated carbocycles. The van der Waals surface area contributed by atoms with Crippen molar-refractivity contribution in [3.8, 4) is 0 Å². The standard InChI is InChI=1S/C10H22O2/c1-9(2)6-7-10(11)5-4-8-12-3/h9-11H,4-8H2,1-3H3. The van der Waals surface area contributed by atoms with Crippen LogP contribution in [0.1, 0.15) is 39.5 Å². The first-order chi connectivity index (χ1) is 5.66. The van der Waals surface area contributed by atoms with Gasteiger partial charge in [-0.15, -0.1) is 0 Å². The van der Waals surface area contributed by atoms with Crippen LogP contribution in [0.5, 0.6) is 0 Å². The molecule has 12 heavy (non-hydrogen) atoms. The molecular weight excluding hydrogens is 152 g/mol. The summed E-state index contributed by atoms with van der Waals surface area (Å²) in [7, 11) is 1.69. The Kier molecular flexibility index (Phi) is 7.51. The third kappa shape index (κ3) is 8.02. The lowest BCUT2D eigenvalue weighted by Crippen LogP contribution is -2.08. The van der Waals surface area contributed by atoms with Gasteiger partial charge < -0.3 is 9.84 Å². The van der Waals surface area contributed by atoms with Crippen LogP contribution in [0.15, 0.2) is 0 Å². The van der Waals surface area contributed by atoms with E-state index >= 15 is 0 Å². The molecule has 0 aromatic rings. The number of ether oxygens (including phenoxy) is 1. The minimum absolute atomic E-state index is 0.123. The Hall–Kier alpha value is -0.0800. The van der Waals surface area contributed by atoms with Crippen LogP contribution in [0, 0.1) is 5.92 Å². The van der Waals surface area contributed by atoms with Crippen molar-refractivity contribution in [1.29, 1.82) is 0 Å². The Balaban J connectivity index is 3.15. The van der Waals surface area contributed by atoms with Crippen LogP contribution in [0.25, 0.3) is 0 Å². The summed E-state index contributed by atoms with van der Waals surface area (Å²) in [5.41, 5.74) is 0. The highest BCUT2D eigenvalue weighted by atomic mass is 16.5. The molecule has 0 heterocycles. The van der Waals surface area contributed by atoms with Gasteiger partial charge in [0.25, 0.3) is 0 Å². The fraction of sp³-hybridized carbons (Fsp3) is 1.00. The SMILES string of the molecule is COCCCC(O)CCC(C)C. The summed E-state index contributed by atoms with van der Waals surface area (Å²) in [4.78, 5) is 0. The molecule has 2 nitrogen and oxygen atoms in total. The molecule has 0 bridgehead atoms. The predicted octanol–water partition coefficient (Wildman–Crippen LogP) is 2.21. The quantitative estimate of drug-likeness (QED) is 0.600. The average Bonchev–Trinajstić information content (AvgIpc) is 2.01. The van der Waals surface area contributed by atoms with Crippen molar-refractivity contribution < 1.29 is 9.84 Å². The van der Waals surface area contributed by atoms with Gasteiger partial charge in [-0.1, -0.05) is 13.8 Å². The lowest BCUT2D eigenvalue weighted by atomic mass is 10.0. The molecule has 0 aliphatic heterocycles. The zero-order valence-corrected chi connectivity index (χ0v) is 8.55. The Morgan fingerprint density at radius 3 is 2.33 bits per heavy atom. The minimum atomic E-state index is -0.123. The highest BCUT2D eigenvalue weighted by molar-refractivity contribution is 4.57. The van der Waals surface area contributed by atoms with E-state index in [1.807, 2.05) is 0 Å². The van der Waals surface area contributed by atoms with Crippen LogP contribution in [0.3, 0.4) is 0 Å². The van der Waals surface area contributed by atoms with Crippen LogP contribution in [0.4, 0.5) is 0 Å². The maximum atomic E-state index is 9.47. The first-order valence-corrected chi connectivity index (χ1v) is 4.83. The van der Waals surface area contributed by atoms with E-state index in [2.05, 4.69) is 13.8 Å². The van der Waals surface area contributed by atoms with Gasteiger partial charge in [-0.05, 0) is 31.6 Å². The number of aliphatic hydroxyl groups is 1. The highest BCUT2D eigenvalue weighted by Crippen LogP contribution is 2.10. The fourth-order valence-corrected chi connectivity index (χ4v) is 1.13. The number of hydrogen-bond acceptors (Lipinski definition) is 2. The van der Waals surface area contributed by atoms with Crippen LogP contribution in [-0.2, 0) is 4.74 Å². The first-order valence-electron chi connectivity index (χ1n) is 4.83. The second-order valence-electron chi connectivity index (χ2n) is 3.76. The van der Waals surface area contributed by atoms with E-state index in [1.165, 1.54) is 0 Å². The van der Waals surface area contributed by atoms with Gasteiger partial charge in [-0.3, -0.25) is 0 Å². The lowest BCUT2D eigenvalue weighted by molar-refractivity contribution is 0.123. The molecule has 0 saturated heterocycles. The summed E-state index contributed by atoms with van der Waals surface area (Å²) in [5.74, 6) is 0.696. The van der Waals surface area contributed by atoms with Gasteiger partial charge >= 0.3 is 0 Å². The molecule has 0 amide bonds. The Morgan fingerprint density at radius 2 is 1.83 bits per heavy atom. The van der Waals surface area contributed by atoms with E-state index in [4.69, 9.17) is 4.74 Å². The van der Waals surface area contributed by atoms with Crippen molar-refractivity contribution in [2.45, 2.75) is 45.6 Å². The molecule has 0 radical (unpaired) electrons. The van der Waals surface area contributed by atoms with Crippen molar-refractivity contribution in [2.75, 3.05) is 13.7 Å². The molecule has 1 atom stereocenters. The summed E-state index contributed by atoms with van der Waals surface area (Å²) in [5, 5.41) is 9.47. The second-order valence-corrected chi connectivity index (χ2v) is 3.76. The fourth-order valence-electron chi connectivity index (χ4n) is 1.13. The van der Waals surface area contributed by atoms with Gasteiger partial charge in [-0.2, -0.15) is 0 Å². The number of aliphatic hydroxyl groups excluding tert-OH is 1. The molecule has 0 aromatic heterocycles. The predicted molar refractivity (Wildman–Crippen MR) is 51.2 cm³/mol. The van der Waals surface area contributed by atoms with E-state index < -0.39 is 0 Å². The first kappa shape index (κ1) is 11.9. The van der Waals surface area contributed by atoms with E-state index in [9.17, 15) is 5.11 Å². The van der Waals surface area contributed by atoms with Gasteiger partial charge in [-0.25, -0.2) is 0 Å². The molecule has 0 aliphatic rings. The normalized spacial score (nSPS) is 13.8. The zero-order valence-electron chi connectivity index (χ0n) is 8.55. The molecule has 0 rings (SSSR count). The summed E-state index contributed by atoms with van der Waals surface area (Å²) >= 11 is 0. The lowest BCUT2D eigenvalue weighted by Gasteiger charge is -2.11. The third-order valence-electron chi connectivity index (χ3n) is 1.96. The largest absolute Gasteiger partial charge is 0.393 e. The molecule has 1 N–H and O–H groups in total. The average molecular weight is 174 g/mol. The molecule has 0 fully saturated rings. The third-order valence-corrected chi connectivity index (χ3v) is 1.96. The van der Waals surface area contributed by atoms with E-state index in [-0.39, 0.29) is 6.10 Å². The number of methoxy groups -OCH3 is 1. The Labute approximate surface area is 75.9 Å². The maximum Gasteiger partial charge on any atom is 0.0541 e. The Bertz CT molecular complexity index is 91.8. The monoisotopic (exact) mass is 174 g/mol. The van der Waals surface area contributed by atoms with Gasteiger partial charge in [0.2, 0.25) is 0 Å². The van der Waals surface area contributed by atoms with Crippen molar-refractivity contribution in [1.82, 2.24) is 0 Å². The minimum Gasteiger partial charge on any atom is -0.393 e. The molecule has 0 aliphatic carbocycles. The molecule has 0 aromatic carbocycles. The van der Waals surface area contributed by atoms with Gasteiger partial charge in [0.05, 0.1) is 6.10 Å². The van der Waals surface area contributed by atoms with Crippen LogP contribution >= 0.6 is 0 Å². The van der Waals surface area contributed by atoms with Crippen molar-refractivity contribution >= 4 is 0 Å². The van der Waals surface area contributed by atoms with Crippen molar-refractivity contribution in [3.05, 3.63) is 0 Å². The van der Waals surface area contributed by atoms with Gasteiger partial charge in [0.1, 0.15) is 0 Å². The molecule has 2 heteroatoms. The molecule has 0 spiro atoms. The van der Waals surface area contributed by atoms with Crippen molar-refractivity contribution in [3.63, 3.8) is 0 Å². The Morgan fingerprint density at radius 1 is 1.17 bits per heavy atom. The molecule has 74 valence electrons. The van der Waals surface area contributed by atoms with E-state index in [0.717, 1.165) is 32.3 Å². The molecular formula is C10H22O2. The highest BCUT2D eigenvalue weighted by Gasteiger charge is 2.04. The number of rotatable bonds is 7. The molecule has 1 unspecified atom stereocenters. The second kappa shape index (κ2) is 7.56. The van der Waals surface area contributed by atoms with Crippen LogP contribution in [0.2, 0.25) is 0 Å². The van der Waals surface area contributed by atoms with Gasteiger partial charge in [0, 0.05) is 13.7 Å². The summed E-state index contributed by atoms with van der Waals surface area (Å²) in [6.07, 6.45) is 3.77. The van der Waals surface area contributed by atoms with E-state index in [0.29, 0.717) is 5.92 Å². The van der Waals surface area contributed by atoms with Crippen LogP contribution in [-0.4, -0.2) is 24.9 Å². The summed E-state index contributed by atoms with van der Waals surface area (Å²) < 4.78 is 4.91. The summed E-state index contributed by atoms with van der Waals surface area (Å²) in [6, 6.07) is 0. The maximum absolute atomic E-state index is 9.47. The van der Waals surface area contributed by atoms with E-state index in [1.54, 1.807) is 7.11 Å². The number of hydrogen-bond donors (Lipinski definition) is 1. The topological polar surface area (TPSA) is 29.5 Å².